The number of esters is 1. The molecule has 0 amide bonds. The summed E-state index contributed by atoms with van der Waals surface area (Å²) in [7, 11) is 0. The molecule has 0 heterocycles. The molecule has 0 bridgehead atoms. The summed E-state index contributed by atoms with van der Waals surface area (Å²) in [5, 5.41) is 0. The van der Waals surface area contributed by atoms with Crippen LogP contribution in [0, 0.1) is 52.8 Å². The average molecular weight is 429 g/mol. The Balaban J connectivity index is 1.46. The first kappa shape index (κ1) is 23.4. The molecule has 176 valence electrons. The van der Waals surface area contributed by atoms with Gasteiger partial charge in [0.25, 0.3) is 0 Å². The number of hydrogen-bond acceptors (Lipinski definition) is 2. The number of carbonyl (C=O) groups excluding carboxylic acids is 1. The molecule has 3 fully saturated rings. The molecule has 0 aromatic carbocycles. The lowest BCUT2D eigenvalue weighted by Crippen LogP contribution is -2.50. The van der Waals surface area contributed by atoms with E-state index in [2.05, 4.69) is 40.7 Å². The zero-order chi connectivity index (χ0) is 22.3. The highest BCUT2D eigenvalue weighted by molar-refractivity contribution is 5.66. The predicted octanol–water partition coefficient (Wildman–Crippen LogP) is 7.82. The minimum atomic E-state index is -0.114. The fourth-order valence-corrected chi connectivity index (χ4v) is 8.81. The molecule has 4 unspecified atom stereocenters. The van der Waals surface area contributed by atoms with Gasteiger partial charge in [0.2, 0.25) is 0 Å². The Hall–Kier alpha value is -0.790. The second-order valence-corrected chi connectivity index (χ2v) is 12.6. The van der Waals surface area contributed by atoms with Gasteiger partial charge in [0.15, 0.2) is 0 Å². The summed E-state index contributed by atoms with van der Waals surface area (Å²) < 4.78 is 5.62. The van der Waals surface area contributed by atoms with Gasteiger partial charge < -0.3 is 4.74 Å². The summed E-state index contributed by atoms with van der Waals surface area (Å²) in [5.41, 5.74) is 1.97. The quantitative estimate of drug-likeness (QED) is 0.318. The second kappa shape index (κ2) is 9.22. The average Bonchev–Trinajstić information content (AvgIpc) is 3.14. The Morgan fingerprint density at radius 1 is 1.16 bits per heavy atom. The van der Waals surface area contributed by atoms with Crippen molar-refractivity contribution >= 4 is 5.97 Å². The van der Waals surface area contributed by atoms with Crippen LogP contribution in [0.15, 0.2) is 11.6 Å². The van der Waals surface area contributed by atoms with Crippen molar-refractivity contribution in [3.63, 3.8) is 0 Å². The lowest BCUT2D eigenvalue weighted by atomic mass is 9.48. The third-order valence-corrected chi connectivity index (χ3v) is 10.3. The van der Waals surface area contributed by atoms with E-state index in [0.717, 1.165) is 60.2 Å². The molecule has 0 aromatic rings. The topological polar surface area (TPSA) is 26.3 Å². The van der Waals surface area contributed by atoms with E-state index in [9.17, 15) is 4.79 Å². The number of carbonyl (C=O) groups is 1. The molecule has 0 aromatic heterocycles. The molecule has 0 spiro atoms. The first-order chi connectivity index (χ1) is 14.7. The van der Waals surface area contributed by atoms with Crippen molar-refractivity contribution in [2.75, 3.05) is 0 Å². The summed E-state index contributed by atoms with van der Waals surface area (Å²) in [6.07, 6.45) is 15.9. The standard InChI is InChI=1S/C29H48O2/c1-18(2)8-7-9-19(3)24-12-13-26-25-11-10-22-17-23(31-21(5)30)14-15-29(22,6)27(25)16-20(4)28(24)26/h10,18-20,23-28H,7-9,11-17H2,1-6H3/t19?,20-,23+,24-,25+,26?,27?,28?,29+/m1/s1. The first-order valence-electron chi connectivity index (χ1n) is 13.6. The number of hydrogen-bond donors (Lipinski definition) is 0. The summed E-state index contributed by atoms with van der Waals surface area (Å²) in [4.78, 5) is 11.5. The van der Waals surface area contributed by atoms with Crippen LogP contribution in [0.2, 0.25) is 0 Å². The smallest absolute Gasteiger partial charge is 0.302 e. The van der Waals surface area contributed by atoms with Gasteiger partial charge in [-0.2, -0.15) is 0 Å². The lowest BCUT2D eigenvalue weighted by Gasteiger charge is -2.57. The Kier molecular flexibility index (Phi) is 6.95. The Labute approximate surface area is 192 Å². The summed E-state index contributed by atoms with van der Waals surface area (Å²) in [5.74, 6) is 7.12. The van der Waals surface area contributed by atoms with Gasteiger partial charge >= 0.3 is 5.97 Å². The van der Waals surface area contributed by atoms with Crippen LogP contribution in [-0.4, -0.2) is 12.1 Å². The highest BCUT2D eigenvalue weighted by atomic mass is 16.5. The fourth-order valence-electron chi connectivity index (χ4n) is 8.81. The van der Waals surface area contributed by atoms with E-state index in [-0.39, 0.29) is 12.1 Å². The summed E-state index contributed by atoms with van der Waals surface area (Å²) >= 11 is 0. The molecule has 3 saturated carbocycles. The fraction of sp³-hybridized carbons (Fsp3) is 0.897. The van der Waals surface area contributed by atoms with Gasteiger partial charge in [0.05, 0.1) is 0 Å². The van der Waals surface area contributed by atoms with Crippen molar-refractivity contribution in [2.45, 2.75) is 112 Å². The highest BCUT2D eigenvalue weighted by Crippen LogP contribution is 2.64. The van der Waals surface area contributed by atoms with E-state index in [1.165, 1.54) is 51.4 Å². The number of ether oxygens (including phenoxy) is 1. The van der Waals surface area contributed by atoms with Crippen LogP contribution in [0.3, 0.4) is 0 Å². The van der Waals surface area contributed by atoms with Crippen molar-refractivity contribution in [3.8, 4) is 0 Å². The third-order valence-electron chi connectivity index (χ3n) is 10.3. The van der Waals surface area contributed by atoms with Gasteiger partial charge in [-0.25, -0.2) is 0 Å². The number of allylic oxidation sites excluding steroid dienone is 1. The summed E-state index contributed by atoms with van der Waals surface area (Å²) in [6.45, 7) is 14.0. The molecule has 0 radical (unpaired) electrons. The van der Waals surface area contributed by atoms with Crippen molar-refractivity contribution in [1.82, 2.24) is 0 Å². The third kappa shape index (κ3) is 4.51. The molecule has 0 aliphatic heterocycles. The van der Waals surface area contributed by atoms with E-state index >= 15 is 0 Å². The lowest BCUT2D eigenvalue weighted by molar-refractivity contribution is -0.148. The summed E-state index contributed by atoms with van der Waals surface area (Å²) in [6, 6.07) is 0. The second-order valence-electron chi connectivity index (χ2n) is 12.6. The van der Waals surface area contributed by atoms with E-state index < -0.39 is 0 Å². The van der Waals surface area contributed by atoms with Gasteiger partial charge in [-0.1, -0.05) is 65.5 Å². The molecule has 4 aliphatic rings. The zero-order valence-corrected chi connectivity index (χ0v) is 21.2. The largest absolute Gasteiger partial charge is 0.462 e. The molecular formula is C29H48O2. The molecule has 9 atom stereocenters. The Morgan fingerprint density at radius 3 is 2.65 bits per heavy atom. The minimum Gasteiger partial charge on any atom is -0.462 e. The normalized spacial score (nSPS) is 42.9. The van der Waals surface area contributed by atoms with Crippen LogP contribution in [0.25, 0.3) is 0 Å². The van der Waals surface area contributed by atoms with Crippen LogP contribution in [0.1, 0.15) is 106 Å². The molecule has 2 heteroatoms. The highest BCUT2D eigenvalue weighted by Gasteiger charge is 2.56. The van der Waals surface area contributed by atoms with Gasteiger partial charge in [-0.05, 0) is 91.3 Å². The number of rotatable bonds is 6. The molecule has 31 heavy (non-hydrogen) atoms. The van der Waals surface area contributed by atoms with Crippen molar-refractivity contribution in [2.24, 2.45) is 52.8 Å². The van der Waals surface area contributed by atoms with Crippen LogP contribution >= 0.6 is 0 Å². The predicted molar refractivity (Wildman–Crippen MR) is 129 cm³/mol. The molecule has 4 rings (SSSR count). The minimum absolute atomic E-state index is 0.114. The first-order valence-corrected chi connectivity index (χ1v) is 13.6. The van der Waals surface area contributed by atoms with E-state index in [1.54, 1.807) is 12.5 Å². The van der Waals surface area contributed by atoms with Crippen LogP contribution < -0.4 is 0 Å². The molecular weight excluding hydrogens is 380 g/mol. The maximum absolute atomic E-state index is 11.5. The Morgan fingerprint density at radius 2 is 1.94 bits per heavy atom. The SMILES string of the molecule is CC(=O)O[C@H]1CC[C@@]2(C)C(=CC[C@H]3C4CC[C@H](C(C)CCCC(C)C)C4[C@H](C)CC32)C1. The molecule has 0 N–H and O–H groups in total. The maximum atomic E-state index is 11.5. The maximum Gasteiger partial charge on any atom is 0.302 e. The van der Waals surface area contributed by atoms with Crippen LogP contribution in [0.4, 0.5) is 0 Å². The molecule has 0 saturated heterocycles. The Bertz CT molecular complexity index is 678. The zero-order valence-electron chi connectivity index (χ0n) is 21.2. The van der Waals surface area contributed by atoms with Crippen molar-refractivity contribution in [3.05, 3.63) is 11.6 Å². The molecule has 2 nitrogen and oxygen atoms in total. The van der Waals surface area contributed by atoms with Gasteiger partial charge in [0.1, 0.15) is 6.10 Å². The van der Waals surface area contributed by atoms with E-state index in [0.29, 0.717) is 5.41 Å². The van der Waals surface area contributed by atoms with Crippen LogP contribution in [0.5, 0.6) is 0 Å². The van der Waals surface area contributed by atoms with Gasteiger partial charge in [-0.3, -0.25) is 4.79 Å². The monoisotopic (exact) mass is 428 g/mol. The van der Waals surface area contributed by atoms with Crippen molar-refractivity contribution < 1.29 is 9.53 Å². The van der Waals surface area contributed by atoms with E-state index in [4.69, 9.17) is 4.74 Å². The van der Waals surface area contributed by atoms with Gasteiger partial charge in [0, 0.05) is 13.3 Å². The van der Waals surface area contributed by atoms with Crippen LogP contribution in [-0.2, 0) is 9.53 Å². The molecule has 4 aliphatic carbocycles. The van der Waals surface area contributed by atoms with Gasteiger partial charge in [-0.15, -0.1) is 0 Å². The van der Waals surface area contributed by atoms with Crippen molar-refractivity contribution in [1.29, 1.82) is 0 Å². The number of fused-ring (bicyclic) bond motifs is 5. The van der Waals surface area contributed by atoms with E-state index in [1.807, 2.05) is 0 Å².